The summed E-state index contributed by atoms with van der Waals surface area (Å²) in [6.07, 6.45) is -0.846. The van der Waals surface area contributed by atoms with Crippen LogP contribution in [0.25, 0.3) is 0 Å². The molecular formula is C12H18N2O5S2. The van der Waals surface area contributed by atoms with Crippen LogP contribution in [0.5, 0.6) is 0 Å². The first-order chi connectivity index (χ1) is 9.90. The summed E-state index contributed by atoms with van der Waals surface area (Å²) in [5.74, 6) is 0.311. The predicted molar refractivity (Wildman–Crippen MR) is 81.4 cm³/mol. The van der Waals surface area contributed by atoms with E-state index < -0.39 is 15.9 Å². The van der Waals surface area contributed by atoms with Crippen molar-refractivity contribution in [3.8, 4) is 0 Å². The molecule has 0 bridgehead atoms. The number of hydrogen-bond donors (Lipinski definition) is 4. The van der Waals surface area contributed by atoms with Crippen LogP contribution < -0.4 is 5.73 Å². The number of benzene rings is 1. The minimum Gasteiger partial charge on any atom is -0.409 e. The van der Waals surface area contributed by atoms with E-state index in [-0.39, 0.29) is 28.8 Å². The van der Waals surface area contributed by atoms with Crippen LogP contribution in [0.4, 0.5) is 0 Å². The Morgan fingerprint density at radius 3 is 2.76 bits per heavy atom. The maximum atomic E-state index is 12.1. The van der Waals surface area contributed by atoms with Crippen molar-refractivity contribution in [2.24, 2.45) is 10.9 Å². The molecule has 9 heteroatoms. The standard InChI is InChI=1S/C12H18N2O5S2/c13-12(14-17)9-2-1-3-11(6-9)21(18,19)5-4-20-8-10(16)7-15/h1-3,6,10,15-17H,4-5,7-8H2,(H2,13,14). The number of thioether (sulfide) groups is 1. The Labute approximate surface area is 127 Å². The molecule has 0 aliphatic rings. The van der Waals surface area contributed by atoms with E-state index in [2.05, 4.69) is 5.16 Å². The molecule has 1 aromatic rings. The SMILES string of the molecule is N/C(=N/O)c1cccc(S(=O)(=O)CCSCC(O)CO)c1. The molecule has 1 atom stereocenters. The molecule has 0 aromatic heterocycles. The first-order valence-electron chi connectivity index (χ1n) is 6.08. The number of oxime groups is 1. The van der Waals surface area contributed by atoms with Gasteiger partial charge in [-0.15, -0.1) is 0 Å². The fraction of sp³-hybridized carbons (Fsp3) is 0.417. The van der Waals surface area contributed by atoms with E-state index in [1.54, 1.807) is 6.07 Å². The molecule has 0 amide bonds. The van der Waals surface area contributed by atoms with Gasteiger partial charge >= 0.3 is 0 Å². The first kappa shape index (κ1) is 17.8. The molecule has 5 N–H and O–H groups in total. The van der Waals surface area contributed by atoms with Crippen molar-refractivity contribution in [2.45, 2.75) is 11.0 Å². The molecule has 0 radical (unpaired) electrons. The minimum atomic E-state index is -3.49. The van der Waals surface area contributed by atoms with E-state index in [1.165, 1.54) is 30.0 Å². The lowest BCUT2D eigenvalue weighted by Crippen LogP contribution is -2.17. The van der Waals surface area contributed by atoms with Gasteiger partial charge in [0.1, 0.15) is 0 Å². The first-order valence-corrected chi connectivity index (χ1v) is 8.89. The molecule has 1 rings (SSSR count). The monoisotopic (exact) mass is 334 g/mol. The fourth-order valence-electron chi connectivity index (χ4n) is 1.47. The van der Waals surface area contributed by atoms with Crippen LogP contribution in [-0.4, -0.2) is 59.6 Å². The van der Waals surface area contributed by atoms with Crippen LogP contribution in [0.1, 0.15) is 5.56 Å². The fourth-order valence-corrected chi connectivity index (χ4v) is 4.19. The highest BCUT2D eigenvalue weighted by atomic mass is 32.2. The number of nitrogens with zero attached hydrogens (tertiary/aromatic N) is 1. The lowest BCUT2D eigenvalue weighted by atomic mass is 10.2. The number of amidine groups is 1. The molecule has 0 heterocycles. The number of aliphatic hydroxyl groups excluding tert-OH is 2. The number of sulfone groups is 1. The van der Waals surface area contributed by atoms with Gasteiger partial charge in [-0.3, -0.25) is 0 Å². The summed E-state index contributed by atoms with van der Waals surface area (Å²) < 4.78 is 24.3. The number of hydrogen-bond acceptors (Lipinski definition) is 7. The molecule has 0 spiro atoms. The van der Waals surface area contributed by atoms with Crippen LogP contribution in [0.2, 0.25) is 0 Å². The largest absolute Gasteiger partial charge is 0.409 e. The molecule has 1 unspecified atom stereocenters. The highest BCUT2D eigenvalue weighted by molar-refractivity contribution is 8.00. The Kier molecular flexibility index (Phi) is 6.96. The van der Waals surface area contributed by atoms with Gasteiger partial charge in [0.2, 0.25) is 0 Å². The highest BCUT2D eigenvalue weighted by Crippen LogP contribution is 2.15. The lowest BCUT2D eigenvalue weighted by molar-refractivity contribution is 0.113. The van der Waals surface area contributed by atoms with Gasteiger partial charge < -0.3 is 21.2 Å². The van der Waals surface area contributed by atoms with Crippen molar-refractivity contribution in [3.05, 3.63) is 29.8 Å². The summed E-state index contributed by atoms with van der Waals surface area (Å²) in [6.45, 7) is -0.346. The Hall–Kier alpha value is -1.29. The van der Waals surface area contributed by atoms with Crippen LogP contribution >= 0.6 is 11.8 Å². The number of aliphatic hydroxyl groups is 2. The van der Waals surface area contributed by atoms with E-state index in [9.17, 15) is 8.42 Å². The zero-order valence-corrected chi connectivity index (χ0v) is 12.8. The average molecular weight is 334 g/mol. The smallest absolute Gasteiger partial charge is 0.179 e. The maximum Gasteiger partial charge on any atom is 0.179 e. The number of nitrogens with two attached hydrogens (primary N) is 1. The van der Waals surface area contributed by atoms with Crippen LogP contribution in [0.3, 0.4) is 0 Å². The molecule has 21 heavy (non-hydrogen) atoms. The van der Waals surface area contributed by atoms with Crippen molar-refractivity contribution in [2.75, 3.05) is 23.9 Å². The molecule has 0 saturated heterocycles. The van der Waals surface area contributed by atoms with Gasteiger partial charge in [-0.05, 0) is 12.1 Å². The Morgan fingerprint density at radius 2 is 2.14 bits per heavy atom. The molecular weight excluding hydrogens is 316 g/mol. The second-order valence-corrected chi connectivity index (χ2v) is 7.50. The van der Waals surface area contributed by atoms with Crippen molar-refractivity contribution >= 4 is 27.4 Å². The zero-order valence-electron chi connectivity index (χ0n) is 11.2. The number of rotatable bonds is 8. The quantitative estimate of drug-likeness (QED) is 0.168. The lowest BCUT2D eigenvalue weighted by Gasteiger charge is -2.08. The van der Waals surface area contributed by atoms with E-state index in [4.69, 9.17) is 21.2 Å². The molecule has 7 nitrogen and oxygen atoms in total. The Balaban J connectivity index is 2.70. The summed E-state index contributed by atoms with van der Waals surface area (Å²) >= 11 is 1.24. The van der Waals surface area contributed by atoms with Crippen LogP contribution in [0.15, 0.2) is 34.3 Å². The predicted octanol–water partition coefficient (Wildman–Crippen LogP) is -0.359. The van der Waals surface area contributed by atoms with Crippen molar-refractivity contribution < 1.29 is 23.8 Å². The van der Waals surface area contributed by atoms with Crippen LogP contribution in [0, 0.1) is 0 Å². The van der Waals surface area contributed by atoms with Gasteiger partial charge in [0.05, 0.1) is 23.4 Å². The van der Waals surface area contributed by atoms with E-state index in [0.717, 1.165) is 0 Å². The van der Waals surface area contributed by atoms with Crippen molar-refractivity contribution in [1.29, 1.82) is 0 Å². The van der Waals surface area contributed by atoms with Crippen LogP contribution in [-0.2, 0) is 9.84 Å². The highest BCUT2D eigenvalue weighted by Gasteiger charge is 2.15. The summed E-state index contributed by atoms with van der Waals surface area (Å²) in [6, 6.07) is 5.84. The molecule has 0 aliphatic heterocycles. The summed E-state index contributed by atoms with van der Waals surface area (Å²) in [4.78, 5) is 0.0925. The van der Waals surface area contributed by atoms with Gasteiger partial charge in [0.25, 0.3) is 0 Å². The van der Waals surface area contributed by atoms with Crippen molar-refractivity contribution in [3.63, 3.8) is 0 Å². The molecule has 0 fully saturated rings. The van der Waals surface area contributed by atoms with Crippen molar-refractivity contribution in [1.82, 2.24) is 0 Å². The Morgan fingerprint density at radius 1 is 1.43 bits per heavy atom. The van der Waals surface area contributed by atoms with E-state index in [0.29, 0.717) is 11.3 Å². The second kappa shape index (κ2) is 8.23. The topological polar surface area (TPSA) is 133 Å². The van der Waals surface area contributed by atoms with Gasteiger partial charge in [-0.2, -0.15) is 11.8 Å². The normalized spacial score (nSPS) is 14.1. The van der Waals surface area contributed by atoms with Gasteiger partial charge in [0, 0.05) is 17.1 Å². The minimum absolute atomic E-state index is 0.0925. The third-order valence-electron chi connectivity index (χ3n) is 2.61. The molecule has 0 aliphatic carbocycles. The van der Waals surface area contributed by atoms with Gasteiger partial charge in [-0.1, -0.05) is 17.3 Å². The molecule has 0 saturated carbocycles. The maximum absolute atomic E-state index is 12.1. The van der Waals surface area contributed by atoms with E-state index >= 15 is 0 Å². The summed E-state index contributed by atoms with van der Waals surface area (Å²) in [7, 11) is -3.49. The van der Waals surface area contributed by atoms with E-state index in [1.807, 2.05) is 0 Å². The molecule has 118 valence electrons. The second-order valence-electron chi connectivity index (χ2n) is 4.24. The third-order valence-corrected chi connectivity index (χ3v) is 5.70. The summed E-state index contributed by atoms with van der Waals surface area (Å²) in [5, 5.41) is 29.2. The molecule has 1 aromatic carbocycles. The van der Waals surface area contributed by atoms with Gasteiger partial charge in [0.15, 0.2) is 15.7 Å². The third kappa shape index (κ3) is 5.54. The average Bonchev–Trinajstić information content (AvgIpc) is 2.50. The Bertz CT molecular complexity index is 589. The summed E-state index contributed by atoms with van der Waals surface area (Å²) in [5.41, 5.74) is 5.75. The zero-order chi connectivity index (χ0) is 15.9. The van der Waals surface area contributed by atoms with Gasteiger partial charge in [-0.25, -0.2) is 8.42 Å².